The zero-order valence-electron chi connectivity index (χ0n) is 29.9. The second-order valence-corrected chi connectivity index (χ2v) is 21.2. The van der Waals surface area contributed by atoms with Crippen LogP contribution in [0.1, 0.15) is 46.2 Å². The van der Waals surface area contributed by atoms with Crippen molar-refractivity contribution in [3.8, 4) is 0 Å². The monoisotopic (exact) mass is 918 g/mol. The van der Waals surface area contributed by atoms with E-state index in [9.17, 15) is 48.5 Å². The number of hydrogen-bond acceptors (Lipinski definition) is 20. The minimum absolute atomic E-state index is 0. The lowest BCUT2D eigenvalue weighted by atomic mass is 9.92. The van der Waals surface area contributed by atoms with Crippen LogP contribution in [0.3, 0.4) is 0 Å². The molecule has 0 bridgehead atoms. The summed E-state index contributed by atoms with van der Waals surface area (Å²) in [6.45, 7) is 2.77. The van der Waals surface area contributed by atoms with Crippen LogP contribution in [0.25, 0.3) is 22.3 Å². The van der Waals surface area contributed by atoms with Gasteiger partial charge in [0.15, 0.2) is 22.9 Å². The Morgan fingerprint density at radius 3 is 1.49 bits per heavy atom. The minimum atomic E-state index is -5.64. The number of nitrogens with zero attached hydrogens (tertiary/aromatic N) is 8. The third-order valence-electron chi connectivity index (χ3n) is 10.8. The molecule has 0 amide bonds. The Morgan fingerprint density at radius 1 is 0.695 bits per heavy atom. The largest absolute Gasteiger partial charge is 0.488 e. The maximum Gasteiger partial charge on any atom is 0.488 e. The summed E-state index contributed by atoms with van der Waals surface area (Å²) >= 11 is 0. The summed E-state index contributed by atoms with van der Waals surface area (Å²) in [5.41, 5.74) is 6.71. The number of hydrogen-bond donors (Lipinski definition) is 12. The van der Waals surface area contributed by atoms with Crippen LogP contribution in [0.2, 0.25) is 0 Å². The van der Waals surface area contributed by atoms with Crippen LogP contribution in [-0.4, -0.2) is 136 Å². The van der Waals surface area contributed by atoms with Gasteiger partial charge in [-0.15, -0.1) is 0 Å². The smallest absolute Gasteiger partial charge is 0.387 e. The van der Waals surface area contributed by atoms with Crippen molar-refractivity contribution in [2.24, 2.45) is 11.8 Å². The highest BCUT2D eigenvalue weighted by molar-refractivity contribution is 7.68. The first-order valence-corrected chi connectivity index (χ1v) is 23.3. The molecule has 12 atom stereocenters. The van der Waals surface area contributed by atoms with E-state index in [1.165, 1.54) is 43.7 Å². The summed E-state index contributed by atoms with van der Waals surface area (Å²) in [6, 6.07) is -1.49. The van der Waals surface area contributed by atoms with E-state index in [-0.39, 0.29) is 42.6 Å². The Labute approximate surface area is 331 Å². The quantitative estimate of drug-likeness (QED) is 0.0746. The Hall–Kier alpha value is -2.94. The first-order valence-electron chi connectivity index (χ1n) is 16.7. The number of fused-ring (bicyclic) bond motifs is 4. The molecule has 0 aliphatic heterocycles. The van der Waals surface area contributed by atoms with Gasteiger partial charge in [0, 0.05) is 11.8 Å². The lowest BCUT2D eigenvalue weighted by Crippen LogP contribution is -2.48. The van der Waals surface area contributed by atoms with Gasteiger partial charge in [-0.05, 0) is 26.7 Å². The molecule has 28 nitrogen and oxygen atoms in total. The van der Waals surface area contributed by atoms with Gasteiger partial charge in [0.05, 0.1) is 24.7 Å². The third-order valence-corrected chi connectivity index (χ3v) is 15.3. The van der Waals surface area contributed by atoms with Crippen LogP contribution in [-0.2, 0) is 36.4 Å². The average Bonchev–Trinajstić information content (AvgIpc) is 3.80. The molecular formula is C27H42N10O18P4. The maximum absolute atomic E-state index is 12.2. The Kier molecular flexibility index (Phi) is 11.3. The second kappa shape index (κ2) is 14.6. The summed E-state index contributed by atoms with van der Waals surface area (Å²) in [4.78, 5) is 78.6. The van der Waals surface area contributed by atoms with Gasteiger partial charge in [0.25, 0.3) is 0 Å². The summed E-state index contributed by atoms with van der Waals surface area (Å²) in [6.07, 6.45) is 0.777. The number of aliphatic hydroxyl groups is 4. The van der Waals surface area contributed by atoms with Gasteiger partial charge in [0.1, 0.15) is 71.0 Å². The fourth-order valence-corrected chi connectivity index (χ4v) is 12.2. The highest BCUT2D eigenvalue weighted by Crippen LogP contribution is 2.70. The van der Waals surface area contributed by atoms with Crippen LogP contribution in [0.5, 0.6) is 0 Å². The molecule has 4 aliphatic carbocycles. The van der Waals surface area contributed by atoms with E-state index in [4.69, 9.17) is 40.5 Å². The minimum Gasteiger partial charge on any atom is -0.387 e. The van der Waals surface area contributed by atoms with Gasteiger partial charge < -0.3 is 79.9 Å². The maximum atomic E-state index is 12.2. The van der Waals surface area contributed by atoms with Crippen molar-refractivity contribution in [3.63, 3.8) is 0 Å². The summed E-state index contributed by atoms with van der Waals surface area (Å²) < 4.78 is 66.9. The summed E-state index contributed by atoms with van der Waals surface area (Å²) in [5, 5.41) is 43.3. The fourth-order valence-electron chi connectivity index (χ4n) is 8.41. The van der Waals surface area contributed by atoms with Crippen molar-refractivity contribution in [3.05, 3.63) is 25.3 Å². The van der Waals surface area contributed by atoms with E-state index in [0.717, 1.165) is 0 Å². The van der Waals surface area contributed by atoms with Crippen molar-refractivity contribution < 1.29 is 86.1 Å². The second-order valence-electron chi connectivity index (χ2n) is 14.8. The van der Waals surface area contributed by atoms with E-state index in [2.05, 4.69) is 38.5 Å². The molecule has 328 valence electrons. The molecule has 32 heteroatoms. The molecule has 0 saturated heterocycles. The topological polar surface area (TPSA) is 447 Å². The van der Waals surface area contributed by atoms with Crippen LogP contribution in [0.4, 0.5) is 11.6 Å². The van der Waals surface area contributed by atoms with Crippen LogP contribution < -0.4 is 11.5 Å². The standard InChI is InChI=1S/C13H20N5O12P3.C13H18N5O6P.CH4/c1-12(20)8(18-4-17-7-9(14)15-3-16-10(7)18)6-2-13(6,11(12)19)28-5-31(21,22)29-33(26,27)30-32(23,24)25;1-12(20)8(18-4-17-7-9(14)15-3-16-10(7)18)6-2-13(6,11(12)19)24-5-25(21,22)23;/h3-4,6,8,11,19-20H,2,5H2,1H3,(H,21,22)(H,26,27)(H2,14,15,16)(H2,23,24,25);3-4,6,8,11,19-20H,2,5H2,1H3,(H2,14,15,16)(H2,21,22,23);1H4/t2*6-,8-,11-,12?,13+;/m11./s1. The van der Waals surface area contributed by atoms with Gasteiger partial charge in [-0.1, -0.05) is 7.43 Å². The number of anilines is 2. The van der Waals surface area contributed by atoms with E-state index < -0.39 is 96.1 Å². The Balaban J connectivity index is 0.000000202. The van der Waals surface area contributed by atoms with Crippen LogP contribution in [0.15, 0.2) is 25.3 Å². The molecular weight excluding hydrogens is 876 g/mol. The molecule has 4 fully saturated rings. The number of nitrogens with two attached hydrogens (primary N) is 2. The normalized spacial score (nSPS) is 35.5. The van der Waals surface area contributed by atoms with Crippen molar-refractivity contribution >= 4 is 64.8 Å². The highest BCUT2D eigenvalue weighted by Gasteiger charge is 2.78. The van der Waals surface area contributed by atoms with E-state index in [1.54, 1.807) is 4.57 Å². The predicted molar refractivity (Wildman–Crippen MR) is 197 cm³/mol. The molecule has 0 aromatic carbocycles. The number of aliphatic hydroxyl groups excluding tert-OH is 2. The fraction of sp³-hybridized carbons (Fsp3) is 0.630. The zero-order chi connectivity index (χ0) is 42.8. The first-order chi connectivity index (χ1) is 26.6. The highest BCUT2D eigenvalue weighted by atomic mass is 31.3. The molecule has 0 spiro atoms. The van der Waals surface area contributed by atoms with Gasteiger partial charge in [-0.2, -0.15) is 4.31 Å². The van der Waals surface area contributed by atoms with Gasteiger partial charge in [0.2, 0.25) is 0 Å². The lowest BCUT2D eigenvalue weighted by molar-refractivity contribution is -0.127. The molecule has 4 aromatic heterocycles. The number of phosphoric acid groups is 2. The zero-order valence-corrected chi connectivity index (χ0v) is 33.4. The van der Waals surface area contributed by atoms with Crippen LogP contribution in [0, 0.1) is 11.8 Å². The molecule has 4 saturated carbocycles. The van der Waals surface area contributed by atoms with Crippen molar-refractivity contribution in [2.45, 2.75) is 80.8 Å². The predicted octanol–water partition coefficient (Wildman–Crippen LogP) is -1.16. The number of nitrogen functional groups attached to an aromatic ring is 2. The van der Waals surface area contributed by atoms with E-state index >= 15 is 0 Å². The Bertz CT molecular complexity index is 2480. The number of ether oxygens (including phenoxy) is 2. The van der Waals surface area contributed by atoms with Crippen molar-refractivity contribution in [1.29, 1.82) is 0 Å². The molecule has 0 radical (unpaired) electrons. The Morgan fingerprint density at radius 2 is 1.10 bits per heavy atom. The third kappa shape index (κ3) is 8.02. The average molecular weight is 919 g/mol. The summed E-state index contributed by atoms with van der Waals surface area (Å²) in [5.74, 6) is -0.665. The molecule has 4 unspecified atom stereocenters. The lowest BCUT2D eigenvalue weighted by Gasteiger charge is -2.34. The first kappa shape index (κ1) is 45.6. The number of imidazole rings is 2. The number of aromatic nitrogens is 8. The van der Waals surface area contributed by atoms with E-state index in [0.29, 0.717) is 17.6 Å². The summed E-state index contributed by atoms with van der Waals surface area (Å²) in [7, 11) is -20.7. The SMILES string of the molecule is C.CC1(O)[C@@H](O)[C@]2(OCP(=O)(O)O)C[C@@H]2[C@H]1n1cnc2c(N)ncnc21.CC1(O)[C@@H](O)[C@]2(OCP(=O)(O)OP(=O)(O)OP(=O)(O)O)C[C@@H]2[C@H]1n1cnc2c(N)ncnc21. The van der Waals surface area contributed by atoms with Crippen molar-refractivity contribution in [2.75, 3.05) is 24.2 Å². The van der Waals surface area contributed by atoms with Crippen molar-refractivity contribution in [1.82, 2.24) is 39.0 Å². The molecule has 4 aromatic rings. The van der Waals surface area contributed by atoms with Gasteiger partial charge in [-0.25, -0.2) is 43.3 Å². The van der Waals surface area contributed by atoms with Gasteiger partial charge in [-0.3, -0.25) is 9.13 Å². The number of rotatable bonds is 12. The molecule has 4 aliphatic rings. The molecule has 4 heterocycles. The van der Waals surface area contributed by atoms with E-state index in [1.807, 2.05) is 0 Å². The van der Waals surface area contributed by atoms with Gasteiger partial charge >= 0.3 is 30.8 Å². The molecule has 59 heavy (non-hydrogen) atoms. The molecule has 14 N–H and O–H groups in total. The van der Waals surface area contributed by atoms with Crippen LogP contribution >= 0.6 is 30.8 Å². The molecule has 8 rings (SSSR count).